The van der Waals surface area contributed by atoms with Gasteiger partial charge in [-0.3, -0.25) is 4.18 Å². The van der Waals surface area contributed by atoms with Crippen LogP contribution in [0.5, 0.6) is 0 Å². The van der Waals surface area contributed by atoms with E-state index in [1.54, 1.807) is 12.1 Å². The molecule has 2 aromatic rings. The standard InChI is InChI=1S/C22H29NO6S/c1-17-10-12-20(13-11-17)30(25,26)29-19(16-28-22(2,3)4)14-23-21(24)27-15-18-8-6-5-7-9-18/h5-13,19H,14-16H2,1-4H3,(H,23,24)/t19-/m1/s1. The summed E-state index contributed by atoms with van der Waals surface area (Å²) in [6.07, 6.45) is -1.59. The molecule has 2 aromatic carbocycles. The molecule has 164 valence electrons. The molecule has 0 saturated carbocycles. The lowest BCUT2D eigenvalue weighted by Crippen LogP contribution is -2.39. The third kappa shape index (κ3) is 8.52. The average molecular weight is 436 g/mol. The fourth-order valence-corrected chi connectivity index (χ4v) is 3.44. The van der Waals surface area contributed by atoms with E-state index in [1.165, 1.54) is 12.1 Å². The van der Waals surface area contributed by atoms with Gasteiger partial charge in [-0.25, -0.2) is 4.79 Å². The van der Waals surface area contributed by atoms with E-state index in [0.29, 0.717) is 0 Å². The second-order valence-corrected chi connectivity index (χ2v) is 9.42. The van der Waals surface area contributed by atoms with Gasteiger partial charge >= 0.3 is 6.09 Å². The summed E-state index contributed by atoms with van der Waals surface area (Å²) in [5.74, 6) is 0. The Morgan fingerprint density at radius 3 is 2.27 bits per heavy atom. The summed E-state index contributed by atoms with van der Waals surface area (Å²) in [5.41, 5.74) is 1.28. The van der Waals surface area contributed by atoms with E-state index < -0.39 is 27.9 Å². The van der Waals surface area contributed by atoms with Crippen LogP contribution in [-0.4, -0.2) is 39.4 Å². The molecule has 1 N–H and O–H groups in total. The third-order valence-corrected chi connectivity index (χ3v) is 5.34. The molecule has 0 spiro atoms. The molecule has 0 fully saturated rings. The molecule has 8 heteroatoms. The molecule has 0 aliphatic heterocycles. The fourth-order valence-electron chi connectivity index (χ4n) is 2.37. The molecule has 7 nitrogen and oxygen atoms in total. The first-order chi connectivity index (χ1) is 14.0. The highest BCUT2D eigenvalue weighted by atomic mass is 32.2. The number of alkyl carbamates (subject to hydrolysis) is 1. The first kappa shape index (κ1) is 23.9. The maximum Gasteiger partial charge on any atom is 0.407 e. The zero-order valence-electron chi connectivity index (χ0n) is 17.8. The van der Waals surface area contributed by atoms with E-state index in [2.05, 4.69) is 5.32 Å². The van der Waals surface area contributed by atoms with E-state index in [1.807, 2.05) is 58.0 Å². The van der Waals surface area contributed by atoms with Gasteiger partial charge in [0.25, 0.3) is 10.1 Å². The molecule has 1 amide bonds. The number of nitrogens with one attached hydrogen (secondary N) is 1. The van der Waals surface area contributed by atoms with Crippen molar-refractivity contribution in [2.24, 2.45) is 0 Å². The van der Waals surface area contributed by atoms with Crippen LogP contribution in [0.15, 0.2) is 59.5 Å². The number of amides is 1. The predicted molar refractivity (Wildman–Crippen MR) is 114 cm³/mol. The number of benzene rings is 2. The van der Waals surface area contributed by atoms with Crippen LogP contribution in [-0.2, 0) is 30.4 Å². The van der Waals surface area contributed by atoms with Gasteiger partial charge < -0.3 is 14.8 Å². The van der Waals surface area contributed by atoms with E-state index in [-0.39, 0.29) is 24.7 Å². The molecule has 0 saturated heterocycles. The summed E-state index contributed by atoms with van der Waals surface area (Å²) >= 11 is 0. The lowest BCUT2D eigenvalue weighted by atomic mass is 10.2. The Kier molecular flexibility index (Phi) is 8.40. The topological polar surface area (TPSA) is 90.9 Å². The summed E-state index contributed by atoms with van der Waals surface area (Å²) in [6, 6.07) is 15.6. The lowest BCUT2D eigenvalue weighted by molar-refractivity contribution is -0.0398. The van der Waals surface area contributed by atoms with Crippen molar-refractivity contribution >= 4 is 16.2 Å². The summed E-state index contributed by atoms with van der Waals surface area (Å²) in [7, 11) is -4.02. The van der Waals surface area contributed by atoms with Crippen LogP contribution in [0.4, 0.5) is 4.79 Å². The SMILES string of the molecule is Cc1ccc(S(=O)(=O)O[C@H](CNC(=O)OCc2ccccc2)COC(C)(C)C)cc1. The molecule has 1 atom stereocenters. The summed E-state index contributed by atoms with van der Waals surface area (Å²) in [6.45, 7) is 7.41. The van der Waals surface area contributed by atoms with Crippen molar-refractivity contribution in [3.8, 4) is 0 Å². The van der Waals surface area contributed by atoms with E-state index >= 15 is 0 Å². The predicted octanol–water partition coefficient (Wildman–Crippen LogP) is 3.81. The van der Waals surface area contributed by atoms with Gasteiger partial charge in [-0.2, -0.15) is 8.42 Å². The van der Waals surface area contributed by atoms with Crippen molar-refractivity contribution in [1.29, 1.82) is 0 Å². The molecule has 0 aliphatic carbocycles. The van der Waals surface area contributed by atoms with Gasteiger partial charge in [0.15, 0.2) is 0 Å². The number of hydrogen-bond donors (Lipinski definition) is 1. The van der Waals surface area contributed by atoms with Gasteiger partial charge in [-0.1, -0.05) is 48.0 Å². The van der Waals surface area contributed by atoms with Gasteiger partial charge in [0, 0.05) is 0 Å². The maximum atomic E-state index is 12.6. The second-order valence-electron chi connectivity index (χ2n) is 7.85. The van der Waals surface area contributed by atoms with Crippen molar-refractivity contribution in [2.45, 2.75) is 50.9 Å². The Morgan fingerprint density at radius 2 is 1.67 bits per heavy atom. The zero-order valence-corrected chi connectivity index (χ0v) is 18.6. The van der Waals surface area contributed by atoms with Crippen molar-refractivity contribution < 1.29 is 26.9 Å². The monoisotopic (exact) mass is 435 g/mol. The molecule has 0 aliphatic rings. The maximum absolute atomic E-state index is 12.6. The first-order valence-corrected chi connectivity index (χ1v) is 11.0. The van der Waals surface area contributed by atoms with Crippen LogP contribution in [0.25, 0.3) is 0 Å². The van der Waals surface area contributed by atoms with Crippen LogP contribution >= 0.6 is 0 Å². The van der Waals surface area contributed by atoms with Crippen LogP contribution in [0.2, 0.25) is 0 Å². The van der Waals surface area contributed by atoms with E-state index in [0.717, 1.165) is 11.1 Å². The van der Waals surface area contributed by atoms with Gasteiger partial charge in [0.05, 0.1) is 23.6 Å². The Morgan fingerprint density at radius 1 is 1.03 bits per heavy atom. The van der Waals surface area contributed by atoms with Crippen LogP contribution < -0.4 is 5.32 Å². The Bertz CT molecular complexity index is 905. The Labute approximate surface area is 178 Å². The third-order valence-electron chi connectivity index (χ3n) is 3.96. The van der Waals surface area contributed by atoms with Crippen molar-refractivity contribution in [1.82, 2.24) is 5.32 Å². The average Bonchev–Trinajstić information content (AvgIpc) is 2.69. The smallest absolute Gasteiger partial charge is 0.407 e. The van der Waals surface area contributed by atoms with E-state index in [9.17, 15) is 13.2 Å². The number of carbonyl (C=O) groups excluding carboxylic acids is 1. The lowest BCUT2D eigenvalue weighted by Gasteiger charge is -2.24. The van der Waals surface area contributed by atoms with Crippen LogP contribution in [0.3, 0.4) is 0 Å². The molecule has 2 rings (SSSR count). The van der Waals surface area contributed by atoms with Crippen molar-refractivity contribution in [3.63, 3.8) is 0 Å². The highest BCUT2D eigenvalue weighted by molar-refractivity contribution is 7.86. The summed E-state index contributed by atoms with van der Waals surface area (Å²) < 4.78 is 41.4. The fraction of sp³-hybridized carbons (Fsp3) is 0.409. The molecule has 0 unspecified atom stereocenters. The van der Waals surface area contributed by atoms with Crippen molar-refractivity contribution in [2.75, 3.05) is 13.2 Å². The Balaban J connectivity index is 1.97. The molecule has 0 bridgehead atoms. The molecule has 0 heterocycles. The minimum absolute atomic E-state index is 0.0203. The van der Waals surface area contributed by atoms with Crippen LogP contribution in [0, 0.1) is 6.92 Å². The highest BCUT2D eigenvalue weighted by Crippen LogP contribution is 2.17. The normalized spacial score (nSPS) is 12.9. The first-order valence-electron chi connectivity index (χ1n) is 9.64. The van der Waals surface area contributed by atoms with Gasteiger partial charge in [0.2, 0.25) is 0 Å². The molecule has 0 radical (unpaired) electrons. The number of ether oxygens (including phenoxy) is 2. The van der Waals surface area contributed by atoms with Gasteiger partial charge in [-0.15, -0.1) is 0 Å². The molecular weight excluding hydrogens is 406 g/mol. The highest BCUT2D eigenvalue weighted by Gasteiger charge is 2.25. The minimum atomic E-state index is -4.02. The molecular formula is C22H29NO6S. The van der Waals surface area contributed by atoms with Gasteiger partial charge in [0.1, 0.15) is 12.7 Å². The number of rotatable bonds is 9. The quantitative estimate of drug-likeness (QED) is 0.603. The van der Waals surface area contributed by atoms with Crippen molar-refractivity contribution in [3.05, 3.63) is 65.7 Å². The largest absolute Gasteiger partial charge is 0.445 e. The number of aryl methyl sites for hydroxylation is 1. The minimum Gasteiger partial charge on any atom is -0.445 e. The van der Waals surface area contributed by atoms with Gasteiger partial charge in [-0.05, 0) is 45.4 Å². The van der Waals surface area contributed by atoms with Crippen LogP contribution in [0.1, 0.15) is 31.9 Å². The van der Waals surface area contributed by atoms with E-state index in [4.69, 9.17) is 13.7 Å². The number of carbonyl (C=O) groups is 1. The molecule has 0 aromatic heterocycles. The summed E-state index contributed by atoms with van der Waals surface area (Å²) in [4.78, 5) is 12.1. The Hall–Kier alpha value is -2.42. The molecule has 30 heavy (non-hydrogen) atoms. The number of hydrogen-bond acceptors (Lipinski definition) is 6. The second kappa shape index (κ2) is 10.6. The zero-order chi connectivity index (χ0) is 22.2. The summed E-state index contributed by atoms with van der Waals surface area (Å²) in [5, 5.41) is 2.54.